The van der Waals surface area contributed by atoms with Gasteiger partial charge in [-0.3, -0.25) is 0 Å². The molecule has 0 fully saturated rings. The smallest absolute Gasteiger partial charge is 0.240 e. The third-order valence-corrected chi connectivity index (χ3v) is 3.14. The number of hydrogen-bond acceptors (Lipinski definition) is 5. The van der Waals surface area contributed by atoms with E-state index in [0.29, 0.717) is 17.0 Å². The van der Waals surface area contributed by atoms with Crippen molar-refractivity contribution in [2.24, 2.45) is 5.73 Å². The Balaban J connectivity index is 2.17. The molecule has 0 aliphatic rings. The predicted octanol–water partition coefficient (Wildman–Crippen LogP) is 2.70. The van der Waals surface area contributed by atoms with E-state index < -0.39 is 0 Å². The van der Waals surface area contributed by atoms with Crippen LogP contribution in [-0.4, -0.2) is 15.4 Å². The largest absolute Gasteiger partial charge is 0.338 e. The van der Waals surface area contributed by atoms with E-state index in [1.165, 1.54) is 4.90 Å². The first kappa shape index (κ1) is 12.1. The molecule has 0 radical (unpaired) electrons. The maximum atomic E-state index is 5.42. The Morgan fingerprint density at radius 1 is 1.29 bits per heavy atom. The minimum atomic E-state index is 0.272. The van der Waals surface area contributed by atoms with Gasteiger partial charge in [-0.25, -0.2) is 0 Å². The van der Waals surface area contributed by atoms with Crippen LogP contribution in [0.1, 0.15) is 19.7 Å². The maximum absolute atomic E-state index is 5.42. The zero-order valence-corrected chi connectivity index (χ0v) is 10.7. The quantitative estimate of drug-likeness (QED) is 0.844. The summed E-state index contributed by atoms with van der Waals surface area (Å²) >= 11 is 1.83. The molecule has 0 bridgehead atoms. The number of nitrogens with two attached hydrogens (primary N) is 1. The molecule has 0 atom stereocenters. The molecular weight excluding hydrogens is 234 g/mol. The minimum Gasteiger partial charge on any atom is -0.338 e. The monoisotopic (exact) mass is 249 g/mol. The van der Waals surface area contributed by atoms with Gasteiger partial charge in [0.05, 0.1) is 6.54 Å². The van der Waals surface area contributed by atoms with Crippen molar-refractivity contribution in [2.45, 2.75) is 30.5 Å². The van der Waals surface area contributed by atoms with E-state index in [1.54, 1.807) is 0 Å². The summed E-state index contributed by atoms with van der Waals surface area (Å²) in [5.74, 6) is 1.05. The Kier molecular flexibility index (Phi) is 3.81. The second kappa shape index (κ2) is 5.33. The first-order valence-electron chi connectivity index (χ1n) is 5.49. The molecule has 17 heavy (non-hydrogen) atoms. The van der Waals surface area contributed by atoms with Crippen molar-refractivity contribution in [2.75, 3.05) is 0 Å². The highest BCUT2D eigenvalue weighted by atomic mass is 32.2. The van der Waals surface area contributed by atoms with Gasteiger partial charge in [0.1, 0.15) is 0 Å². The lowest BCUT2D eigenvalue weighted by molar-refractivity contribution is 0.380. The average molecular weight is 249 g/mol. The lowest BCUT2D eigenvalue weighted by atomic mass is 10.2. The second-order valence-electron chi connectivity index (χ2n) is 3.91. The van der Waals surface area contributed by atoms with Crippen molar-refractivity contribution < 1.29 is 4.52 Å². The molecule has 2 N–H and O–H groups in total. The Bertz CT molecular complexity index is 479. The van der Waals surface area contributed by atoms with E-state index in [1.807, 2.05) is 23.9 Å². The van der Waals surface area contributed by atoms with E-state index in [-0.39, 0.29) is 6.54 Å². The highest BCUT2D eigenvalue weighted by Gasteiger charge is 2.07. The summed E-state index contributed by atoms with van der Waals surface area (Å²) in [5, 5.41) is 4.45. The Hall–Kier alpha value is -1.33. The van der Waals surface area contributed by atoms with Crippen LogP contribution in [0, 0.1) is 0 Å². The summed E-state index contributed by atoms with van der Waals surface area (Å²) in [6, 6.07) is 8.13. The Morgan fingerprint density at radius 2 is 2.00 bits per heavy atom. The fourth-order valence-electron chi connectivity index (χ4n) is 1.41. The van der Waals surface area contributed by atoms with Gasteiger partial charge in [0.2, 0.25) is 11.7 Å². The van der Waals surface area contributed by atoms with Crippen molar-refractivity contribution in [1.29, 1.82) is 0 Å². The summed E-state index contributed by atoms with van der Waals surface area (Å²) in [5.41, 5.74) is 6.37. The lowest BCUT2D eigenvalue weighted by Gasteiger charge is -2.04. The molecule has 2 aromatic rings. The van der Waals surface area contributed by atoms with Gasteiger partial charge in [0, 0.05) is 15.7 Å². The van der Waals surface area contributed by atoms with Gasteiger partial charge < -0.3 is 10.3 Å². The van der Waals surface area contributed by atoms with Gasteiger partial charge in [-0.05, 0) is 24.3 Å². The Morgan fingerprint density at radius 3 is 2.53 bits per heavy atom. The molecule has 5 heteroatoms. The fourth-order valence-corrected chi connectivity index (χ4v) is 2.25. The zero-order valence-electron chi connectivity index (χ0n) is 9.88. The molecule has 0 unspecified atom stereocenters. The summed E-state index contributed by atoms with van der Waals surface area (Å²) < 4.78 is 4.97. The van der Waals surface area contributed by atoms with Gasteiger partial charge in [-0.2, -0.15) is 4.98 Å². The van der Waals surface area contributed by atoms with E-state index in [9.17, 15) is 0 Å². The Labute approximate surface area is 105 Å². The maximum Gasteiger partial charge on any atom is 0.240 e. The highest BCUT2D eigenvalue weighted by Crippen LogP contribution is 2.25. The first-order valence-corrected chi connectivity index (χ1v) is 6.36. The number of nitrogens with zero attached hydrogens (tertiary/aromatic N) is 2. The molecule has 1 aromatic carbocycles. The zero-order chi connectivity index (χ0) is 12.3. The molecule has 0 aliphatic carbocycles. The fraction of sp³-hybridized carbons (Fsp3) is 0.333. The lowest BCUT2D eigenvalue weighted by Crippen LogP contribution is -1.95. The van der Waals surface area contributed by atoms with Crippen molar-refractivity contribution in [3.63, 3.8) is 0 Å². The summed E-state index contributed by atoms with van der Waals surface area (Å²) in [6.07, 6.45) is 0. The molecule has 4 nitrogen and oxygen atoms in total. The molecule has 90 valence electrons. The third-order valence-electron chi connectivity index (χ3n) is 2.13. The van der Waals surface area contributed by atoms with Crippen LogP contribution in [-0.2, 0) is 6.54 Å². The van der Waals surface area contributed by atoms with Crippen LogP contribution in [0.2, 0.25) is 0 Å². The van der Waals surface area contributed by atoms with Crippen LogP contribution < -0.4 is 5.73 Å². The van der Waals surface area contributed by atoms with E-state index in [2.05, 4.69) is 36.1 Å². The molecule has 2 rings (SSSR count). The molecular formula is C12H15N3OS. The first-order chi connectivity index (χ1) is 8.19. The number of aromatic nitrogens is 2. The van der Waals surface area contributed by atoms with Gasteiger partial charge in [0.25, 0.3) is 0 Å². The third kappa shape index (κ3) is 3.08. The standard InChI is InChI=1S/C12H15N3OS/c1-8(2)17-10-5-3-9(4-6-10)12-14-11(7-13)16-15-12/h3-6,8H,7,13H2,1-2H3. The molecule has 1 heterocycles. The van der Waals surface area contributed by atoms with Crippen LogP contribution in [0.4, 0.5) is 0 Å². The van der Waals surface area contributed by atoms with E-state index in [0.717, 1.165) is 5.56 Å². The number of thioether (sulfide) groups is 1. The number of benzene rings is 1. The summed E-state index contributed by atoms with van der Waals surface area (Å²) in [7, 11) is 0. The highest BCUT2D eigenvalue weighted by molar-refractivity contribution is 7.99. The topological polar surface area (TPSA) is 64.9 Å². The van der Waals surface area contributed by atoms with Crippen LogP contribution in [0.3, 0.4) is 0 Å². The second-order valence-corrected chi connectivity index (χ2v) is 5.56. The van der Waals surface area contributed by atoms with E-state index in [4.69, 9.17) is 10.3 Å². The van der Waals surface area contributed by atoms with Crippen molar-refractivity contribution in [3.8, 4) is 11.4 Å². The van der Waals surface area contributed by atoms with Crippen LogP contribution in [0.15, 0.2) is 33.7 Å². The van der Waals surface area contributed by atoms with E-state index >= 15 is 0 Å². The normalized spacial score (nSPS) is 11.1. The predicted molar refractivity (Wildman–Crippen MR) is 68.6 cm³/mol. The molecule has 0 aliphatic heterocycles. The SMILES string of the molecule is CC(C)Sc1ccc(-c2noc(CN)n2)cc1. The molecule has 0 saturated heterocycles. The minimum absolute atomic E-state index is 0.272. The van der Waals surface area contributed by atoms with Crippen LogP contribution in [0.25, 0.3) is 11.4 Å². The van der Waals surface area contributed by atoms with Crippen molar-refractivity contribution in [3.05, 3.63) is 30.2 Å². The number of rotatable bonds is 4. The van der Waals surface area contributed by atoms with Crippen molar-refractivity contribution >= 4 is 11.8 Å². The molecule has 0 saturated carbocycles. The van der Waals surface area contributed by atoms with Gasteiger partial charge >= 0.3 is 0 Å². The molecule has 1 aromatic heterocycles. The van der Waals surface area contributed by atoms with Gasteiger partial charge in [0.15, 0.2) is 0 Å². The molecule has 0 amide bonds. The average Bonchev–Trinajstić information content (AvgIpc) is 2.78. The molecule has 0 spiro atoms. The van der Waals surface area contributed by atoms with Crippen LogP contribution in [0.5, 0.6) is 0 Å². The van der Waals surface area contributed by atoms with Crippen LogP contribution >= 0.6 is 11.8 Å². The number of hydrogen-bond donors (Lipinski definition) is 1. The summed E-state index contributed by atoms with van der Waals surface area (Å²) in [6.45, 7) is 4.62. The van der Waals surface area contributed by atoms with Gasteiger partial charge in [-0.1, -0.05) is 19.0 Å². The van der Waals surface area contributed by atoms with Crippen molar-refractivity contribution in [1.82, 2.24) is 10.1 Å². The summed E-state index contributed by atoms with van der Waals surface area (Å²) in [4.78, 5) is 5.42. The van der Waals surface area contributed by atoms with Gasteiger partial charge in [-0.15, -0.1) is 11.8 Å².